The summed E-state index contributed by atoms with van der Waals surface area (Å²) in [7, 11) is 0. The van der Waals surface area contributed by atoms with Gasteiger partial charge in [-0.3, -0.25) is 14.9 Å². The van der Waals surface area contributed by atoms with Crippen molar-refractivity contribution in [3.8, 4) is 0 Å². The van der Waals surface area contributed by atoms with Crippen molar-refractivity contribution >= 4 is 11.8 Å². The van der Waals surface area contributed by atoms with Crippen LogP contribution in [0.5, 0.6) is 0 Å². The van der Waals surface area contributed by atoms with Gasteiger partial charge in [0.25, 0.3) is 5.91 Å². The number of fused-ring (bicyclic) bond motifs is 1. The molecule has 1 aromatic carbocycles. The molecular weight excluding hydrogens is 202 g/mol. The Labute approximate surface area is 94.9 Å². The molecule has 84 valence electrons. The molecule has 0 aromatic heterocycles. The van der Waals surface area contributed by atoms with Crippen molar-refractivity contribution in [2.45, 2.75) is 34.1 Å². The Hall–Kier alpha value is -1.64. The fourth-order valence-electron chi connectivity index (χ4n) is 2.31. The largest absolute Gasteiger partial charge is 0.292 e. The Morgan fingerprint density at radius 3 is 2.06 bits per heavy atom. The molecule has 0 aliphatic carbocycles. The highest BCUT2D eigenvalue weighted by Crippen LogP contribution is 2.28. The average Bonchev–Trinajstić information content (AvgIpc) is 2.22. The van der Waals surface area contributed by atoms with Crippen LogP contribution in [0.4, 0.5) is 0 Å². The van der Waals surface area contributed by atoms with Crippen molar-refractivity contribution in [2.24, 2.45) is 0 Å². The Morgan fingerprint density at radius 1 is 0.875 bits per heavy atom. The summed E-state index contributed by atoms with van der Waals surface area (Å²) in [4.78, 5) is 23.2. The first-order valence-corrected chi connectivity index (χ1v) is 5.37. The summed E-state index contributed by atoms with van der Waals surface area (Å²) in [5.74, 6) is -0.460. The number of nitrogens with one attached hydrogen (secondary N) is 1. The van der Waals surface area contributed by atoms with Crippen LogP contribution in [-0.4, -0.2) is 11.8 Å². The molecule has 0 saturated heterocycles. The molecule has 3 nitrogen and oxygen atoms in total. The number of hydrogen-bond donors (Lipinski definition) is 1. The SMILES string of the molecule is Cc1c(C)c(C)c2c(c1C)CC(=O)NC2=O. The molecule has 0 fully saturated rings. The third-order valence-corrected chi connectivity index (χ3v) is 3.63. The van der Waals surface area contributed by atoms with E-state index in [4.69, 9.17) is 0 Å². The van der Waals surface area contributed by atoms with Crippen molar-refractivity contribution in [1.82, 2.24) is 5.32 Å². The monoisotopic (exact) mass is 217 g/mol. The molecule has 0 radical (unpaired) electrons. The van der Waals surface area contributed by atoms with Crippen molar-refractivity contribution in [3.63, 3.8) is 0 Å². The van der Waals surface area contributed by atoms with Gasteiger partial charge in [0, 0.05) is 5.56 Å². The summed E-state index contributed by atoms with van der Waals surface area (Å²) in [5.41, 5.74) is 5.97. The van der Waals surface area contributed by atoms with Crippen LogP contribution in [0.25, 0.3) is 0 Å². The number of benzene rings is 1. The number of carbonyl (C=O) groups excluding carboxylic acids is 2. The number of hydrogen-bond acceptors (Lipinski definition) is 2. The minimum Gasteiger partial charge on any atom is -0.292 e. The Kier molecular flexibility index (Phi) is 2.34. The lowest BCUT2D eigenvalue weighted by atomic mass is 9.85. The van der Waals surface area contributed by atoms with Crippen LogP contribution in [0.3, 0.4) is 0 Å². The molecule has 3 heteroatoms. The third kappa shape index (κ3) is 1.35. The summed E-state index contributed by atoms with van der Waals surface area (Å²) in [6.07, 6.45) is 0.314. The van der Waals surface area contributed by atoms with Crippen LogP contribution in [0, 0.1) is 27.7 Å². The van der Waals surface area contributed by atoms with Gasteiger partial charge in [0.15, 0.2) is 0 Å². The third-order valence-electron chi connectivity index (χ3n) is 3.63. The summed E-state index contributed by atoms with van der Waals surface area (Å²) in [5, 5.41) is 2.37. The van der Waals surface area contributed by atoms with E-state index in [1.54, 1.807) is 0 Å². The standard InChI is InChI=1S/C13H15NO2/c1-6-7(2)9(4)12-10(8(6)3)5-11(15)14-13(12)16/h5H2,1-4H3,(H,14,15,16). The fourth-order valence-corrected chi connectivity index (χ4v) is 2.31. The number of rotatable bonds is 0. The molecule has 16 heavy (non-hydrogen) atoms. The first-order valence-electron chi connectivity index (χ1n) is 5.37. The van der Waals surface area contributed by atoms with Gasteiger partial charge in [-0.15, -0.1) is 0 Å². The molecule has 0 atom stereocenters. The van der Waals surface area contributed by atoms with Crippen molar-refractivity contribution in [3.05, 3.63) is 33.4 Å². The molecule has 1 heterocycles. The molecule has 2 rings (SSSR count). The summed E-state index contributed by atoms with van der Waals surface area (Å²) in [6, 6.07) is 0. The summed E-state index contributed by atoms with van der Waals surface area (Å²) < 4.78 is 0. The predicted octanol–water partition coefficient (Wildman–Crippen LogP) is 1.73. The van der Waals surface area contributed by atoms with Crippen LogP contribution in [-0.2, 0) is 11.2 Å². The van der Waals surface area contributed by atoms with E-state index in [2.05, 4.69) is 5.32 Å². The molecular formula is C13H15NO2. The first kappa shape index (κ1) is 10.9. The van der Waals surface area contributed by atoms with E-state index < -0.39 is 0 Å². The molecule has 1 aliphatic heterocycles. The van der Waals surface area contributed by atoms with E-state index in [9.17, 15) is 9.59 Å². The maximum Gasteiger partial charge on any atom is 0.258 e. The van der Waals surface area contributed by atoms with Gasteiger partial charge in [0.1, 0.15) is 0 Å². The molecule has 0 saturated carbocycles. The second-order valence-electron chi connectivity index (χ2n) is 4.41. The minimum absolute atomic E-state index is 0.205. The fraction of sp³-hybridized carbons (Fsp3) is 0.385. The Balaban J connectivity index is 2.81. The van der Waals surface area contributed by atoms with Gasteiger partial charge in [0.05, 0.1) is 6.42 Å². The zero-order valence-electron chi connectivity index (χ0n) is 10.0. The van der Waals surface area contributed by atoms with Gasteiger partial charge in [0.2, 0.25) is 5.91 Å². The molecule has 1 aromatic rings. The highest BCUT2D eigenvalue weighted by molar-refractivity contribution is 6.11. The number of imide groups is 1. The van der Waals surface area contributed by atoms with Gasteiger partial charge in [-0.1, -0.05) is 0 Å². The number of amides is 2. The Bertz CT molecular complexity index is 515. The highest BCUT2D eigenvalue weighted by Gasteiger charge is 2.27. The van der Waals surface area contributed by atoms with Crippen molar-refractivity contribution in [2.75, 3.05) is 0 Å². The van der Waals surface area contributed by atoms with Crippen molar-refractivity contribution < 1.29 is 9.59 Å². The van der Waals surface area contributed by atoms with Crippen molar-refractivity contribution in [1.29, 1.82) is 0 Å². The maximum atomic E-state index is 11.8. The highest BCUT2D eigenvalue weighted by atomic mass is 16.2. The van der Waals surface area contributed by atoms with Crippen LogP contribution in [0.15, 0.2) is 0 Å². The second-order valence-corrected chi connectivity index (χ2v) is 4.41. The van der Waals surface area contributed by atoms with E-state index in [1.807, 2.05) is 27.7 Å². The smallest absolute Gasteiger partial charge is 0.258 e. The van der Waals surface area contributed by atoms with Gasteiger partial charge in [-0.2, -0.15) is 0 Å². The maximum absolute atomic E-state index is 11.8. The van der Waals surface area contributed by atoms with E-state index in [-0.39, 0.29) is 11.8 Å². The van der Waals surface area contributed by atoms with Crippen LogP contribution in [0.1, 0.15) is 38.2 Å². The second kappa shape index (κ2) is 3.44. The van der Waals surface area contributed by atoms with Gasteiger partial charge < -0.3 is 0 Å². The van der Waals surface area contributed by atoms with E-state index in [0.717, 1.165) is 22.3 Å². The number of carbonyl (C=O) groups is 2. The average molecular weight is 217 g/mol. The molecule has 1 N–H and O–H groups in total. The normalized spacial score (nSPS) is 14.8. The van der Waals surface area contributed by atoms with E-state index in [1.165, 1.54) is 5.56 Å². The molecule has 0 spiro atoms. The lowest BCUT2D eigenvalue weighted by molar-refractivity contribution is -0.119. The lowest BCUT2D eigenvalue weighted by Gasteiger charge is -2.23. The summed E-state index contributed by atoms with van der Waals surface area (Å²) >= 11 is 0. The molecule has 0 bridgehead atoms. The lowest BCUT2D eigenvalue weighted by Crippen LogP contribution is -2.38. The van der Waals surface area contributed by atoms with Gasteiger partial charge in [-0.25, -0.2) is 0 Å². The predicted molar refractivity (Wildman–Crippen MR) is 61.6 cm³/mol. The molecule has 0 unspecified atom stereocenters. The topological polar surface area (TPSA) is 46.2 Å². The van der Waals surface area contributed by atoms with E-state index >= 15 is 0 Å². The van der Waals surface area contributed by atoms with Gasteiger partial charge in [-0.05, 0) is 55.5 Å². The quantitative estimate of drug-likeness (QED) is 0.673. The molecule has 1 aliphatic rings. The van der Waals surface area contributed by atoms with Gasteiger partial charge >= 0.3 is 0 Å². The zero-order chi connectivity index (χ0) is 12.0. The Morgan fingerprint density at radius 2 is 1.44 bits per heavy atom. The van der Waals surface area contributed by atoms with Crippen LogP contribution >= 0.6 is 0 Å². The zero-order valence-corrected chi connectivity index (χ0v) is 10.0. The van der Waals surface area contributed by atoms with Crippen LogP contribution in [0.2, 0.25) is 0 Å². The first-order chi connectivity index (χ1) is 7.43. The van der Waals surface area contributed by atoms with E-state index in [0.29, 0.717) is 12.0 Å². The molecule has 2 amide bonds. The minimum atomic E-state index is -0.255. The van der Waals surface area contributed by atoms with Crippen LogP contribution < -0.4 is 5.32 Å². The summed E-state index contributed by atoms with van der Waals surface area (Å²) in [6.45, 7) is 7.97.